The van der Waals surface area contributed by atoms with Gasteiger partial charge in [0.05, 0.1) is 6.17 Å². The SMILES string of the molecule is O=C(NC1CC(c2ccncc2)NN1)C1=NOC(c2ccccc2)C1. The Labute approximate surface area is 145 Å². The topological polar surface area (TPSA) is 87.6 Å². The fraction of sp³-hybridized carbons (Fsp3) is 0.278. The van der Waals surface area contributed by atoms with Crippen molar-refractivity contribution in [3.8, 4) is 0 Å². The second-order valence-corrected chi connectivity index (χ2v) is 6.13. The first-order valence-electron chi connectivity index (χ1n) is 8.29. The molecule has 0 spiro atoms. The van der Waals surface area contributed by atoms with Crippen LogP contribution in [0, 0.1) is 0 Å². The van der Waals surface area contributed by atoms with Crippen LogP contribution >= 0.6 is 0 Å². The quantitative estimate of drug-likeness (QED) is 0.788. The number of nitrogens with zero attached hydrogens (tertiary/aromatic N) is 2. The standard InChI is InChI=1S/C18H19N5O2/c24-18(15-10-16(25-23-15)13-4-2-1-3-5-13)20-17-11-14(21-22-17)12-6-8-19-9-7-12/h1-9,14,16-17,21-22H,10-11H2,(H,20,24). The van der Waals surface area contributed by atoms with Crippen molar-refractivity contribution in [1.29, 1.82) is 0 Å². The van der Waals surface area contributed by atoms with Crippen molar-refractivity contribution in [3.63, 3.8) is 0 Å². The van der Waals surface area contributed by atoms with E-state index in [1.54, 1.807) is 12.4 Å². The van der Waals surface area contributed by atoms with E-state index in [-0.39, 0.29) is 24.2 Å². The smallest absolute Gasteiger partial charge is 0.270 e. The summed E-state index contributed by atoms with van der Waals surface area (Å²) in [6.45, 7) is 0. The van der Waals surface area contributed by atoms with E-state index >= 15 is 0 Å². The van der Waals surface area contributed by atoms with E-state index in [2.05, 4.69) is 26.3 Å². The summed E-state index contributed by atoms with van der Waals surface area (Å²) < 4.78 is 0. The van der Waals surface area contributed by atoms with Crippen molar-refractivity contribution in [1.82, 2.24) is 21.2 Å². The molecule has 25 heavy (non-hydrogen) atoms. The Kier molecular flexibility index (Phi) is 4.41. The van der Waals surface area contributed by atoms with Gasteiger partial charge in [0.2, 0.25) is 0 Å². The highest BCUT2D eigenvalue weighted by atomic mass is 16.6. The number of carbonyl (C=O) groups is 1. The van der Waals surface area contributed by atoms with Gasteiger partial charge in [-0.25, -0.2) is 10.9 Å². The van der Waals surface area contributed by atoms with Gasteiger partial charge in [-0.2, -0.15) is 0 Å². The molecule has 0 bridgehead atoms. The Morgan fingerprint density at radius 1 is 1.08 bits per heavy atom. The Balaban J connectivity index is 1.31. The molecule has 0 saturated carbocycles. The minimum Gasteiger partial charge on any atom is -0.387 e. The number of aromatic nitrogens is 1. The van der Waals surface area contributed by atoms with E-state index < -0.39 is 0 Å². The maximum atomic E-state index is 12.4. The summed E-state index contributed by atoms with van der Waals surface area (Å²) in [5.74, 6) is -0.201. The second kappa shape index (κ2) is 7.00. The lowest BCUT2D eigenvalue weighted by Gasteiger charge is -2.12. The molecule has 7 nitrogen and oxygen atoms in total. The van der Waals surface area contributed by atoms with Gasteiger partial charge < -0.3 is 10.2 Å². The molecule has 3 unspecified atom stereocenters. The molecule has 1 fully saturated rings. The summed E-state index contributed by atoms with van der Waals surface area (Å²) in [5.41, 5.74) is 8.86. The fourth-order valence-electron chi connectivity index (χ4n) is 3.06. The van der Waals surface area contributed by atoms with Crippen molar-refractivity contribution in [2.75, 3.05) is 0 Å². The van der Waals surface area contributed by atoms with Gasteiger partial charge in [0, 0.05) is 31.3 Å². The van der Waals surface area contributed by atoms with Gasteiger partial charge in [-0.3, -0.25) is 9.78 Å². The summed E-state index contributed by atoms with van der Waals surface area (Å²) in [6.07, 6.45) is 4.38. The molecule has 0 radical (unpaired) electrons. The van der Waals surface area contributed by atoms with Crippen LogP contribution in [0.5, 0.6) is 0 Å². The van der Waals surface area contributed by atoms with E-state index in [9.17, 15) is 4.79 Å². The first-order chi connectivity index (χ1) is 12.3. The number of nitrogens with one attached hydrogen (secondary N) is 3. The van der Waals surface area contributed by atoms with Crippen LogP contribution in [0.1, 0.15) is 36.1 Å². The molecule has 2 aliphatic heterocycles. The zero-order valence-electron chi connectivity index (χ0n) is 13.6. The molecule has 4 rings (SSSR count). The molecular weight excluding hydrogens is 318 g/mol. The Morgan fingerprint density at radius 2 is 1.88 bits per heavy atom. The number of rotatable bonds is 4. The van der Waals surface area contributed by atoms with E-state index in [1.807, 2.05) is 42.5 Å². The number of amides is 1. The van der Waals surface area contributed by atoms with Crippen LogP contribution in [0.25, 0.3) is 0 Å². The van der Waals surface area contributed by atoms with Gasteiger partial charge in [-0.1, -0.05) is 35.5 Å². The molecule has 2 aliphatic rings. The molecule has 1 amide bonds. The summed E-state index contributed by atoms with van der Waals surface area (Å²) in [6, 6.07) is 13.9. The fourth-order valence-corrected chi connectivity index (χ4v) is 3.06. The second-order valence-electron chi connectivity index (χ2n) is 6.13. The van der Waals surface area contributed by atoms with Gasteiger partial charge in [0.1, 0.15) is 5.71 Å². The van der Waals surface area contributed by atoms with E-state index in [1.165, 1.54) is 0 Å². The third-order valence-electron chi connectivity index (χ3n) is 4.42. The predicted molar refractivity (Wildman–Crippen MR) is 92.1 cm³/mol. The Hall–Kier alpha value is -2.77. The molecule has 1 aromatic heterocycles. The maximum absolute atomic E-state index is 12.4. The summed E-state index contributed by atoms with van der Waals surface area (Å²) in [5, 5.41) is 6.91. The van der Waals surface area contributed by atoms with Crippen molar-refractivity contribution >= 4 is 11.6 Å². The molecular formula is C18H19N5O2. The third-order valence-corrected chi connectivity index (χ3v) is 4.42. The van der Waals surface area contributed by atoms with E-state index in [0.717, 1.165) is 17.5 Å². The van der Waals surface area contributed by atoms with Gasteiger partial charge in [0.25, 0.3) is 5.91 Å². The van der Waals surface area contributed by atoms with Crippen LogP contribution in [0.15, 0.2) is 60.0 Å². The zero-order valence-corrected chi connectivity index (χ0v) is 13.6. The number of pyridine rings is 1. The number of hydrazine groups is 1. The maximum Gasteiger partial charge on any atom is 0.270 e. The van der Waals surface area contributed by atoms with Crippen LogP contribution in [0.2, 0.25) is 0 Å². The summed E-state index contributed by atoms with van der Waals surface area (Å²) >= 11 is 0. The summed E-state index contributed by atoms with van der Waals surface area (Å²) in [4.78, 5) is 21.9. The van der Waals surface area contributed by atoms with Gasteiger partial charge in [0.15, 0.2) is 6.10 Å². The number of oxime groups is 1. The molecule has 3 N–H and O–H groups in total. The average Bonchev–Trinajstić information content (AvgIpc) is 3.33. The largest absolute Gasteiger partial charge is 0.387 e. The van der Waals surface area contributed by atoms with Crippen LogP contribution in [-0.2, 0) is 9.63 Å². The first-order valence-corrected chi connectivity index (χ1v) is 8.29. The Morgan fingerprint density at radius 3 is 2.68 bits per heavy atom. The first kappa shape index (κ1) is 15.7. The predicted octanol–water partition coefficient (Wildman–Crippen LogP) is 1.58. The molecule has 1 saturated heterocycles. The van der Waals surface area contributed by atoms with Crippen LogP contribution in [0.3, 0.4) is 0 Å². The van der Waals surface area contributed by atoms with E-state index in [0.29, 0.717) is 12.1 Å². The van der Waals surface area contributed by atoms with Gasteiger partial charge in [-0.05, 0) is 23.3 Å². The lowest BCUT2D eigenvalue weighted by molar-refractivity contribution is -0.115. The highest BCUT2D eigenvalue weighted by Crippen LogP contribution is 2.27. The molecule has 7 heteroatoms. The molecule has 3 heterocycles. The monoisotopic (exact) mass is 337 g/mol. The van der Waals surface area contributed by atoms with Gasteiger partial charge in [-0.15, -0.1) is 0 Å². The average molecular weight is 337 g/mol. The van der Waals surface area contributed by atoms with Crippen molar-refractivity contribution in [3.05, 3.63) is 66.0 Å². The number of hydrogen-bond donors (Lipinski definition) is 3. The lowest BCUT2D eigenvalue weighted by atomic mass is 10.0. The zero-order chi connectivity index (χ0) is 17.1. The molecule has 1 aromatic carbocycles. The highest BCUT2D eigenvalue weighted by molar-refractivity contribution is 6.39. The summed E-state index contributed by atoms with van der Waals surface area (Å²) in [7, 11) is 0. The molecule has 128 valence electrons. The van der Waals surface area contributed by atoms with Crippen molar-refractivity contribution < 1.29 is 9.63 Å². The van der Waals surface area contributed by atoms with E-state index in [4.69, 9.17) is 4.84 Å². The molecule has 3 atom stereocenters. The lowest BCUT2D eigenvalue weighted by Crippen LogP contribution is -2.46. The van der Waals surface area contributed by atoms with Crippen LogP contribution in [-0.4, -0.2) is 22.8 Å². The van der Waals surface area contributed by atoms with Gasteiger partial charge >= 0.3 is 0 Å². The van der Waals surface area contributed by atoms with Crippen molar-refractivity contribution in [2.24, 2.45) is 5.16 Å². The Bertz CT molecular complexity index is 766. The van der Waals surface area contributed by atoms with Crippen LogP contribution < -0.4 is 16.2 Å². The van der Waals surface area contributed by atoms with Crippen LogP contribution in [0.4, 0.5) is 0 Å². The molecule has 0 aliphatic carbocycles. The van der Waals surface area contributed by atoms with Crippen molar-refractivity contribution in [2.45, 2.75) is 31.2 Å². The minimum atomic E-state index is -0.201. The minimum absolute atomic E-state index is 0.132. The normalized spacial score (nSPS) is 25.3. The molecule has 2 aromatic rings. The third kappa shape index (κ3) is 3.52. The highest BCUT2D eigenvalue weighted by Gasteiger charge is 2.31. The number of carbonyl (C=O) groups excluding carboxylic acids is 1. The number of benzene rings is 1. The number of hydrogen-bond acceptors (Lipinski definition) is 6.